The van der Waals surface area contributed by atoms with Crippen LogP contribution in [-0.4, -0.2) is 10.9 Å². The molecule has 0 spiro atoms. The van der Waals surface area contributed by atoms with Crippen LogP contribution in [0.2, 0.25) is 0 Å². The van der Waals surface area contributed by atoms with Gasteiger partial charge in [-0.15, -0.1) is 0 Å². The highest BCUT2D eigenvalue weighted by molar-refractivity contribution is 6.41. The van der Waals surface area contributed by atoms with Gasteiger partial charge in [0.15, 0.2) is 5.42 Å². The van der Waals surface area contributed by atoms with Crippen molar-refractivity contribution in [3.05, 3.63) is 28.6 Å². The molecule has 0 amide bonds. The molecule has 1 aliphatic heterocycles. The quantitative estimate of drug-likeness (QED) is 0.518. The van der Waals surface area contributed by atoms with E-state index in [2.05, 4.69) is 10.1 Å². The van der Waals surface area contributed by atoms with E-state index in [4.69, 9.17) is 4.52 Å². The number of nitrogens with zero attached hydrogens (tertiary/aromatic N) is 2. The van der Waals surface area contributed by atoms with E-state index in [9.17, 15) is 0 Å². The Morgan fingerprint density at radius 2 is 2.33 bits per heavy atom. The van der Waals surface area contributed by atoms with Gasteiger partial charge in [-0.05, 0) is 5.57 Å². The van der Waals surface area contributed by atoms with Crippen LogP contribution in [0.1, 0.15) is 6.42 Å². The molecule has 1 aromatic heterocycles. The van der Waals surface area contributed by atoms with E-state index >= 15 is 0 Å². The summed E-state index contributed by atoms with van der Waals surface area (Å²) in [6, 6.07) is 0. The van der Waals surface area contributed by atoms with Crippen molar-refractivity contribution >= 4 is 16.9 Å². The highest BCUT2D eigenvalue weighted by atomic mass is 16.5. The molecule has 1 fully saturated rings. The second kappa shape index (κ2) is 1.31. The number of rotatable bonds is 0. The Morgan fingerprint density at radius 3 is 3.17 bits per heavy atom. The number of fused-ring (bicyclic) bond motifs is 6. The third kappa shape index (κ3) is 0.324. The molecule has 1 aromatic rings. The lowest BCUT2D eigenvalue weighted by atomic mass is 10.0. The van der Waals surface area contributed by atoms with Crippen LogP contribution in [-0.2, 0) is 0 Å². The molecule has 56 valence electrons. The Hall–Kier alpha value is -1.64. The topological polar surface area (TPSA) is 38.4 Å². The lowest BCUT2D eigenvalue weighted by molar-refractivity contribution is 0.393. The monoisotopic (exact) mass is 156 g/mol. The summed E-state index contributed by atoms with van der Waals surface area (Å²) < 4.78 is 5.15. The first-order chi connectivity index (χ1) is 5.95. The van der Waals surface area contributed by atoms with Crippen LogP contribution in [0.5, 0.6) is 0 Å². The Bertz CT molecular complexity index is 536. The summed E-state index contributed by atoms with van der Waals surface area (Å²) in [5, 5.41) is 4.96. The van der Waals surface area contributed by atoms with E-state index < -0.39 is 0 Å². The standard InChI is InChI=1S/C9H4N2O/c1-4-6-2-10-8(6)5(1)9-7(4)3-11-12-9/h2-3H,1H2. The number of allylic oxidation sites excluding steroid dienone is 1. The summed E-state index contributed by atoms with van der Waals surface area (Å²) in [6.45, 7) is 0. The van der Waals surface area contributed by atoms with Gasteiger partial charge in [0.05, 0.1) is 11.9 Å². The van der Waals surface area contributed by atoms with Gasteiger partial charge in [0.2, 0.25) is 0 Å². The maximum Gasteiger partial charge on any atom is 0.172 e. The van der Waals surface area contributed by atoms with Gasteiger partial charge in [-0.25, -0.2) is 0 Å². The average Bonchev–Trinajstić information content (AvgIpc) is 2.56. The molecule has 2 aliphatic carbocycles. The molecule has 0 saturated heterocycles. The van der Waals surface area contributed by atoms with Crippen LogP contribution in [0.4, 0.5) is 0 Å². The fourth-order valence-corrected chi connectivity index (χ4v) is 2.11. The molecule has 0 N–H and O–H groups in total. The van der Waals surface area contributed by atoms with E-state index in [1.807, 2.05) is 6.20 Å². The van der Waals surface area contributed by atoms with Gasteiger partial charge in [-0.1, -0.05) is 5.16 Å². The van der Waals surface area contributed by atoms with Gasteiger partial charge in [-0.2, -0.15) is 0 Å². The maximum atomic E-state index is 5.15. The van der Waals surface area contributed by atoms with Crippen molar-refractivity contribution in [3.63, 3.8) is 0 Å². The predicted molar refractivity (Wildman–Crippen MR) is 42.7 cm³/mol. The smallest absolute Gasteiger partial charge is 0.172 e. The van der Waals surface area contributed by atoms with E-state index in [0.29, 0.717) is 0 Å². The van der Waals surface area contributed by atoms with E-state index in [1.54, 1.807) is 6.20 Å². The Labute approximate surface area is 67.4 Å². The lowest BCUT2D eigenvalue weighted by Gasteiger charge is -2.09. The Kier molecular flexibility index (Phi) is 0.554. The summed E-state index contributed by atoms with van der Waals surface area (Å²) in [4.78, 5) is 4.20. The maximum absolute atomic E-state index is 5.15. The summed E-state index contributed by atoms with van der Waals surface area (Å²) >= 11 is 0. The van der Waals surface area contributed by atoms with Crippen molar-refractivity contribution in [1.82, 2.24) is 5.16 Å². The fraction of sp³-hybridized carbons (Fsp3) is 0.111. The fourth-order valence-electron chi connectivity index (χ4n) is 2.11. The van der Waals surface area contributed by atoms with Crippen LogP contribution in [0.3, 0.4) is 0 Å². The van der Waals surface area contributed by atoms with Crippen LogP contribution in [0, 0.1) is 0 Å². The molecular weight excluding hydrogens is 152 g/mol. The second-order valence-electron chi connectivity index (χ2n) is 3.22. The molecule has 3 heteroatoms. The largest absolute Gasteiger partial charge is 0.356 e. The molecule has 0 aromatic carbocycles. The first kappa shape index (κ1) is 5.09. The van der Waals surface area contributed by atoms with Crippen molar-refractivity contribution in [3.8, 4) is 0 Å². The predicted octanol–water partition coefficient (Wildman–Crippen LogP) is -0.268. The number of aliphatic imine (C=N–C) groups is 1. The molecule has 4 rings (SSSR count). The van der Waals surface area contributed by atoms with E-state index in [0.717, 1.165) is 17.5 Å². The van der Waals surface area contributed by atoms with E-state index in [-0.39, 0.29) is 0 Å². The van der Waals surface area contributed by atoms with Gasteiger partial charge >= 0.3 is 0 Å². The summed E-state index contributed by atoms with van der Waals surface area (Å²) in [5.74, 6) is 0. The van der Waals surface area contributed by atoms with Crippen LogP contribution < -0.4 is 10.6 Å². The zero-order chi connectivity index (χ0) is 7.71. The van der Waals surface area contributed by atoms with Crippen LogP contribution in [0.25, 0.3) is 11.1 Å². The van der Waals surface area contributed by atoms with Gasteiger partial charge in [0.1, 0.15) is 0 Å². The minimum Gasteiger partial charge on any atom is -0.356 e. The molecule has 1 saturated carbocycles. The van der Waals surface area contributed by atoms with Gasteiger partial charge < -0.3 is 4.52 Å². The first-order valence-electron chi connectivity index (χ1n) is 3.91. The lowest BCUT2D eigenvalue weighted by Crippen LogP contribution is -2.27. The van der Waals surface area contributed by atoms with E-state index in [1.165, 1.54) is 21.9 Å². The zero-order valence-electron chi connectivity index (χ0n) is 6.16. The number of hydrogen-bond acceptors (Lipinski definition) is 3. The van der Waals surface area contributed by atoms with Crippen LogP contribution in [0.15, 0.2) is 27.5 Å². The van der Waals surface area contributed by atoms with Gasteiger partial charge in [-0.3, -0.25) is 4.99 Å². The summed E-state index contributed by atoms with van der Waals surface area (Å²) in [5.41, 5.74) is 5.97. The normalized spacial score (nSPS) is 21.7. The van der Waals surface area contributed by atoms with Crippen molar-refractivity contribution in [2.75, 3.05) is 0 Å². The molecule has 3 aliphatic rings. The van der Waals surface area contributed by atoms with Gasteiger partial charge in [0.25, 0.3) is 0 Å². The molecule has 0 unspecified atom stereocenters. The van der Waals surface area contributed by atoms with Crippen molar-refractivity contribution in [2.24, 2.45) is 4.99 Å². The molecule has 3 nitrogen and oxygen atoms in total. The van der Waals surface area contributed by atoms with Crippen molar-refractivity contribution in [2.45, 2.75) is 6.42 Å². The third-order valence-corrected chi connectivity index (χ3v) is 2.71. The number of hydrogen-bond donors (Lipinski definition) is 0. The Morgan fingerprint density at radius 1 is 1.33 bits per heavy atom. The Balaban J connectivity index is 2.42. The molecule has 12 heavy (non-hydrogen) atoms. The third-order valence-electron chi connectivity index (χ3n) is 2.71. The summed E-state index contributed by atoms with van der Waals surface area (Å²) in [7, 11) is 0. The highest BCUT2D eigenvalue weighted by Crippen LogP contribution is 2.39. The molecular formula is C9H4N2O. The molecule has 2 heterocycles. The minimum atomic E-state index is 0.945. The minimum absolute atomic E-state index is 0.945. The SMILES string of the molecule is C1=C2C(=N1)C1=c3oncc3=C2C1. The zero-order valence-corrected chi connectivity index (χ0v) is 6.16. The first-order valence-corrected chi connectivity index (χ1v) is 3.91. The molecule has 0 atom stereocenters. The highest BCUT2D eigenvalue weighted by Gasteiger charge is 2.36. The molecule has 2 bridgehead atoms. The second-order valence-corrected chi connectivity index (χ2v) is 3.22. The average molecular weight is 156 g/mol. The number of aromatic nitrogens is 1. The van der Waals surface area contributed by atoms with Crippen molar-refractivity contribution < 1.29 is 4.52 Å². The van der Waals surface area contributed by atoms with Crippen LogP contribution >= 0.6 is 0 Å². The summed E-state index contributed by atoms with van der Waals surface area (Å²) in [6.07, 6.45) is 4.72. The molecule has 0 radical (unpaired) electrons. The van der Waals surface area contributed by atoms with Gasteiger partial charge in [0, 0.05) is 29.0 Å². The van der Waals surface area contributed by atoms with Crippen molar-refractivity contribution in [1.29, 1.82) is 0 Å².